The molecule has 2 aliphatic rings. The molecule has 5 rings (SSSR count). The summed E-state index contributed by atoms with van der Waals surface area (Å²) in [5, 5.41) is 11.2. The number of carbonyl (C=O) groups is 1. The minimum atomic E-state index is -0.593. The Labute approximate surface area is 223 Å². The number of halogens is 2. The van der Waals surface area contributed by atoms with Crippen LogP contribution < -0.4 is 16.2 Å². The van der Waals surface area contributed by atoms with Crippen LogP contribution in [0.1, 0.15) is 50.8 Å². The molecule has 1 unspecified atom stereocenters. The van der Waals surface area contributed by atoms with Crippen molar-refractivity contribution in [3.8, 4) is 17.3 Å². The first-order valence-corrected chi connectivity index (χ1v) is 13.0. The summed E-state index contributed by atoms with van der Waals surface area (Å²) in [5.41, 5.74) is 8.79. The lowest BCUT2D eigenvalue weighted by Crippen LogP contribution is -2.35. The number of hydrogen-bond acceptors (Lipinski definition) is 7. The van der Waals surface area contributed by atoms with Crippen LogP contribution in [0.2, 0.25) is 0 Å². The highest BCUT2D eigenvalue weighted by atomic mass is 32.1. The van der Waals surface area contributed by atoms with Crippen molar-refractivity contribution in [3.63, 3.8) is 0 Å². The molecule has 7 nitrogen and oxygen atoms in total. The number of hydrogen-bond donors (Lipinski definition) is 1. The molecule has 198 valence electrons. The van der Waals surface area contributed by atoms with Gasteiger partial charge in [-0.2, -0.15) is 5.26 Å². The van der Waals surface area contributed by atoms with Crippen LogP contribution in [0.5, 0.6) is 0 Å². The number of amidine groups is 1. The molecule has 38 heavy (non-hydrogen) atoms. The van der Waals surface area contributed by atoms with Crippen LogP contribution in [0.3, 0.4) is 0 Å². The number of nitrogens with zero attached hydrogens (tertiary/aromatic N) is 4. The molecule has 0 radical (unpaired) electrons. The Morgan fingerprint density at radius 3 is 2.66 bits per heavy atom. The number of thiophene rings is 1. The number of aliphatic imine (C=N–C) groups is 1. The number of pyridine rings is 1. The highest BCUT2D eigenvalue weighted by molar-refractivity contribution is 7.23. The zero-order valence-corrected chi connectivity index (χ0v) is 22.6. The van der Waals surface area contributed by atoms with Gasteiger partial charge in [-0.25, -0.2) is 13.8 Å². The molecular formula is C28H29F2N5O2S. The molecule has 2 N–H and O–H groups in total. The topological polar surface area (TPSA) is 105 Å². The molecule has 0 amide bonds. The SMILES string of the molecule is C=O.CC(=N/C=c1/c2c(c(-c3ncc(F)c4sc(N)c(C#N)c34)c(F)c1=C(C)C)COC2)N1CCC(C)C1. The van der Waals surface area contributed by atoms with E-state index in [0.29, 0.717) is 28.5 Å². The van der Waals surface area contributed by atoms with Gasteiger partial charge in [-0.3, -0.25) is 4.98 Å². The molecule has 4 heterocycles. The third-order valence-corrected chi connectivity index (χ3v) is 8.03. The number of nitrogen functional groups attached to an aromatic ring is 1. The van der Waals surface area contributed by atoms with E-state index in [1.807, 2.05) is 33.6 Å². The van der Waals surface area contributed by atoms with Crippen molar-refractivity contribution < 1.29 is 18.3 Å². The van der Waals surface area contributed by atoms with Crippen LogP contribution in [-0.2, 0) is 22.7 Å². The maximum absolute atomic E-state index is 16.5. The third-order valence-electron chi connectivity index (χ3n) is 7.00. The van der Waals surface area contributed by atoms with Crippen LogP contribution in [0.4, 0.5) is 13.8 Å². The van der Waals surface area contributed by atoms with Crippen molar-refractivity contribution in [3.05, 3.63) is 45.0 Å². The van der Waals surface area contributed by atoms with E-state index in [1.165, 1.54) is 0 Å². The average molecular weight is 538 g/mol. The number of fused-ring (bicyclic) bond motifs is 2. The monoisotopic (exact) mass is 537 g/mol. The number of rotatable bonds is 2. The lowest BCUT2D eigenvalue weighted by atomic mass is 9.93. The van der Waals surface area contributed by atoms with Crippen molar-refractivity contribution >= 4 is 50.8 Å². The second-order valence-corrected chi connectivity index (χ2v) is 10.7. The van der Waals surface area contributed by atoms with Gasteiger partial charge in [0, 0.05) is 40.7 Å². The molecule has 0 saturated carbocycles. The van der Waals surface area contributed by atoms with Crippen molar-refractivity contribution in [2.45, 2.75) is 47.3 Å². The van der Waals surface area contributed by atoms with Crippen molar-refractivity contribution in [2.24, 2.45) is 10.9 Å². The molecule has 2 aromatic heterocycles. The van der Waals surface area contributed by atoms with Gasteiger partial charge >= 0.3 is 0 Å². The van der Waals surface area contributed by atoms with E-state index in [1.54, 1.807) is 6.20 Å². The summed E-state index contributed by atoms with van der Waals surface area (Å²) in [5.74, 6) is 0.438. The largest absolute Gasteiger partial charge is 0.389 e. The van der Waals surface area contributed by atoms with Gasteiger partial charge in [-0.1, -0.05) is 12.5 Å². The summed E-state index contributed by atoms with van der Waals surface area (Å²) < 4.78 is 37.1. The van der Waals surface area contributed by atoms with E-state index in [2.05, 4.69) is 16.8 Å². The first-order chi connectivity index (χ1) is 18.2. The number of aromatic nitrogens is 1. The number of nitrogens with two attached hydrogens (primary N) is 1. The highest BCUT2D eigenvalue weighted by Gasteiger charge is 2.28. The Hall–Kier alpha value is -3.68. The van der Waals surface area contributed by atoms with Gasteiger partial charge in [0.05, 0.1) is 35.4 Å². The summed E-state index contributed by atoms with van der Waals surface area (Å²) in [6.45, 7) is 12.3. The van der Waals surface area contributed by atoms with E-state index in [9.17, 15) is 9.65 Å². The Kier molecular flexibility index (Phi) is 7.90. The van der Waals surface area contributed by atoms with Gasteiger partial charge in [-0.05, 0) is 44.2 Å². The fourth-order valence-electron chi connectivity index (χ4n) is 5.15. The number of ether oxygens (including phenoxy) is 1. The van der Waals surface area contributed by atoms with Gasteiger partial charge in [-0.15, -0.1) is 11.3 Å². The standard InChI is InChI=1S/C27H27F2N5OS.CH2O/c1-13(2)21-17(8-32-15(4)34-6-5-14(3)10-34)18-11-35-12-19(18)22(24(21)29)25-23-16(7-30)27(31)36-26(23)20(28)9-33-25;1-2/h8-9,14H,5-6,10-12,31H2,1-4H3;1H2/b17-8-,32-15?;. The third kappa shape index (κ3) is 4.57. The summed E-state index contributed by atoms with van der Waals surface area (Å²) in [4.78, 5) is 19.2. The fourth-order valence-corrected chi connectivity index (χ4v) is 6.07. The summed E-state index contributed by atoms with van der Waals surface area (Å²) in [6.07, 6.45) is 3.92. The number of benzene rings is 1. The molecular weight excluding hydrogens is 508 g/mol. The number of likely N-dealkylation sites (tertiary alicyclic amines) is 1. The second-order valence-electron chi connectivity index (χ2n) is 9.68. The summed E-state index contributed by atoms with van der Waals surface area (Å²) in [6, 6.07) is 2.05. The molecule has 0 aliphatic carbocycles. The summed E-state index contributed by atoms with van der Waals surface area (Å²) in [7, 11) is 0. The van der Waals surface area contributed by atoms with Crippen molar-refractivity contribution in [1.29, 1.82) is 5.26 Å². The Morgan fingerprint density at radius 2 is 2.03 bits per heavy atom. The predicted octanol–water partition coefficient (Wildman–Crippen LogP) is 4.23. The minimum absolute atomic E-state index is 0.110. The smallest absolute Gasteiger partial charge is 0.159 e. The quantitative estimate of drug-likeness (QED) is 0.388. The fraction of sp³-hybridized carbons (Fsp3) is 0.357. The first kappa shape index (κ1) is 27.4. The van der Waals surface area contributed by atoms with Crippen LogP contribution in [0.25, 0.3) is 33.1 Å². The van der Waals surface area contributed by atoms with Crippen molar-refractivity contribution in [1.82, 2.24) is 9.88 Å². The Balaban J connectivity index is 0.00000164. The predicted molar refractivity (Wildman–Crippen MR) is 147 cm³/mol. The molecule has 2 aliphatic heterocycles. The normalized spacial score (nSPS) is 17.4. The zero-order chi connectivity index (χ0) is 27.7. The first-order valence-electron chi connectivity index (χ1n) is 12.2. The molecule has 0 spiro atoms. The van der Waals surface area contributed by atoms with Crippen LogP contribution in [0.15, 0.2) is 11.2 Å². The van der Waals surface area contributed by atoms with Crippen molar-refractivity contribution in [2.75, 3.05) is 18.8 Å². The van der Waals surface area contributed by atoms with Crippen LogP contribution in [-0.4, -0.2) is 35.6 Å². The van der Waals surface area contributed by atoms with Gasteiger partial charge in [0.2, 0.25) is 0 Å². The lowest BCUT2D eigenvalue weighted by molar-refractivity contribution is -0.0980. The van der Waals surface area contributed by atoms with E-state index >= 15 is 4.39 Å². The second kappa shape index (κ2) is 11.0. The van der Waals surface area contributed by atoms with Gasteiger partial charge in [0.15, 0.2) is 5.82 Å². The average Bonchev–Trinajstić information content (AvgIpc) is 3.63. The highest BCUT2D eigenvalue weighted by Crippen LogP contribution is 2.41. The number of nitriles is 1. The number of anilines is 1. The molecule has 0 bridgehead atoms. The number of carbonyl (C=O) groups excluding carboxylic acids is 1. The van der Waals surface area contributed by atoms with Gasteiger partial charge < -0.3 is 20.2 Å². The van der Waals surface area contributed by atoms with Crippen LogP contribution >= 0.6 is 11.3 Å². The molecule has 1 fully saturated rings. The van der Waals surface area contributed by atoms with E-state index in [-0.39, 0.29) is 38.5 Å². The maximum atomic E-state index is 16.5. The Bertz CT molecular complexity index is 1620. The van der Waals surface area contributed by atoms with E-state index in [4.69, 9.17) is 20.3 Å². The zero-order valence-electron chi connectivity index (χ0n) is 21.8. The molecule has 1 atom stereocenters. The van der Waals surface area contributed by atoms with Gasteiger partial charge in [0.25, 0.3) is 0 Å². The van der Waals surface area contributed by atoms with Gasteiger partial charge in [0.1, 0.15) is 29.5 Å². The van der Waals surface area contributed by atoms with Crippen LogP contribution in [0, 0.1) is 28.9 Å². The molecule has 1 aromatic carbocycles. The lowest BCUT2D eigenvalue weighted by Gasteiger charge is -2.16. The maximum Gasteiger partial charge on any atom is 0.159 e. The minimum Gasteiger partial charge on any atom is -0.389 e. The molecule has 1 saturated heterocycles. The molecule has 10 heteroatoms. The molecule has 3 aromatic rings. The summed E-state index contributed by atoms with van der Waals surface area (Å²) >= 11 is 0.968. The van der Waals surface area contributed by atoms with E-state index < -0.39 is 11.6 Å². The van der Waals surface area contributed by atoms with E-state index in [0.717, 1.165) is 54.0 Å². The Morgan fingerprint density at radius 1 is 1.32 bits per heavy atom.